The van der Waals surface area contributed by atoms with E-state index in [9.17, 15) is 4.79 Å². The average molecular weight is 292 g/mol. The third kappa shape index (κ3) is 2.25. The van der Waals surface area contributed by atoms with Gasteiger partial charge in [0.2, 0.25) is 0 Å². The van der Waals surface area contributed by atoms with Crippen molar-refractivity contribution in [1.29, 1.82) is 0 Å². The van der Waals surface area contributed by atoms with Gasteiger partial charge in [0.1, 0.15) is 5.65 Å². The van der Waals surface area contributed by atoms with Crippen LogP contribution >= 0.6 is 0 Å². The van der Waals surface area contributed by atoms with Crippen LogP contribution in [0.4, 0.5) is 5.69 Å². The normalized spacial score (nSPS) is 13.8. The Bertz CT molecular complexity index is 853. The largest absolute Gasteiger partial charge is 0.346 e. The molecule has 3 heterocycles. The number of carbonyl (C=O) groups is 1. The van der Waals surface area contributed by atoms with Gasteiger partial charge in [0.25, 0.3) is 5.91 Å². The van der Waals surface area contributed by atoms with Crippen LogP contribution in [-0.4, -0.2) is 22.4 Å². The van der Waals surface area contributed by atoms with Crippen LogP contribution < -0.4 is 10.6 Å². The maximum Gasteiger partial charge on any atom is 0.255 e. The zero-order chi connectivity index (χ0) is 14.9. The molecule has 2 aromatic heterocycles. The highest BCUT2D eigenvalue weighted by molar-refractivity contribution is 6.08. The van der Waals surface area contributed by atoms with E-state index in [1.807, 2.05) is 36.5 Å². The molecule has 0 aliphatic carbocycles. The van der Waals surface area contributed by atoms with Crippen LogP contribution in [0.5, 0.6) is 0 Å². The summed E-state index contributed by atoms with van der Waals surface area (Å²) in [4.78, 5) is 19.8. The number of hydrogen-bond donors (Lipinski definition) is 3. The highest BCUT2D eigenvalue weighted by Crippen LogP contribution is 2.22. The van der Waals surface area contributed by atoms with Crippen molar-refractivity contribution in [2.24, 2.45) is 0 Å². The number of anilines is 1. The monoisotopic (exact) mass is 292 g/mol. The molecule has 0 saturated carbocycles. The number of fused-ring (bicyclic) bond motifs is 2. The summed E-state index contributed by atoms with van der Waals surface area (Å²) in [5, 5.41) is 7.23. The summed E-state index contributed by atoms with van der Waals surface area (Å²) in [6.07, 6.45) is 4.47. The zero-order valence-corrected chi connectivity index (χ0v) is 12.0. The summed E-state index contributed by atoms with van der Waals surface area (Å²) in [7, 11) is 0. The lowest BCUT2D eigenvalue weighted by molar-refractivity contribution is 0.102. The fourth-order valence-corrected chi connectivity index (χ4v) is 2.88. The van der Waals surface area contributed by atoms with Gasteiger partial charge in [-0.05, 0) is 48.4 Å². The molecule has 5 nitrogen and oxygen atoms in total. The molecule has 5 heteroatoms. The number of H-pyrrole nitrogens is 1. The van der Waals surface area contributed by atoms with Crippen LogP contribution in [0.3, 0.4) is 0 Å². The zero-order valence-electron chi connectivity index (χ0n) is 12.0. The summed E-state index contributed by atoms with van der Waals surface area (Å²) < 4.78 is 0. The van der Waals surface area contributed by atoms with E-state index in [1.165, 1.54) is 11.1 Å². The van der Waals surface area contributed by atoms with Gasteiger partial charge in [0.15, 0.2) is 0 Å². The fraction of sp³-hybridized carbons (Fsp3) is 0.176. The van der Waals surface area contributed by atoms with Crippen LogP contribution in [-0.2, 0) is 13.0 Å². The Morgan fingerprint density at radius 2 is 2.14 bits per heavy atom. The third-order valence-electron chi connectivity index (χ3n) is 4.06. The van der Waals surface area contributed by atoms with Crippen LogP contribution in [0.2, 0.25) is 0 Å². The van der Waals surface area contributed by atoms with Crippen LogP contribution in [0.25, 0.3) is 11.0 Å². The molecule has 4 rings (SSSR count). The van der Waals surface area contributed by atoms with E-state index in [-0.39, 0.29) is 5.91 Å². The van der Waals surface area contributed by atoms with Crippen molar-refractivity contribution >= 4 is 22.6 Å². The van der Waals surface area contributed by atoms with Crippen molar-refractivity contribution in [3.05, 3.63) is 59.4 Å². The molecule has 1 aliphatic rings. The van der Waals surface area contributed by atoms with E-state index < -0.39 is 0 Å². The number of aromatic nitrogens is 2. The Morgan fingerprint density at radius 3 is 3.09 bits per heavy atom. The van der Waals surface area contributed by atoms with E-state index in [0.717, 1.165) is 36.2 Å². The van der Waals surface area contributed by atoms with E-state index in [4.69, 9.17) is 0 Å². The minimum absolute atomic E-state index is 0.0879. The minimum atomic E-state index is -0.0879. The predicted molar refractivity (Wildman–Crippen MR) is 85.9 cm³/mol. The first-order chi connectivity index (χ1) is 10.8. The Labute approximate surface area is 127 Å². The molecular formula is C17H16N4O. The summed E-state index contributed by atoms with van der Waals surface area (Å²) >= 11 is 0. The van der Waals surface area contributed by atoms with Crippen molar-refractivity contribution in [2.45, 2.75) is 13.0 Å². The molecule has 1 aliphatic heterocycles. The Kier molecular flexibility index (Phi) is 3.12. The van der Waals surface area contributed by atoms with Crippen LogP contribution in [0.1, 0.15) is 21.5 Å². The van der Waals surface area contributed by atoms with Gasteiger partial charge in [-0.3, -0.25) is 4.79 Å². The SMILES string of the molecule is O=C(Nc1ccnc2[nH]ccc12)c1ccc2c(c1)CCNC2. The summed E-state index contributed by atoms with van der Waals surface area (Å²) in [5.41, 5.74) is 4.78. The van der Waals surface area contributed by atoms with Crippen molar-refractivity contribution < 1.29 is 4.79 Å². The van der Waals surface area contributed by atoms with Crippen molar-refractivity contribution in [3.8, 4) is 0 Å². The Balaban J connectivity index is 1.63. The smallest absolute Gasteiger partial charge is 0.255 e. The lowest BCUT2D eigenvalue weighted by Crippen LogP contribution is -2.24. The fourth-order valence-electron chi connectivity index (χ4n) is 2.88. The predicted octanol–water partition coefficient (Wildman–Crippen LogP) is 2.46. The van der Waals surface area contributed by atoms with Gasteiger partial charge >= 0.3 is 0 Å². The van der Waals surface area contributed by atoms with Crippen LogP contribution in [0.15, 0.2) is 42.7 Å². The Morgan fingerprint density at radius 1 is 1.18 bits per heavy atom. The molecule has 3 N–H and O–H groups in total. The molecular weight excluding hydrogens is 276 g/mol. The van der Waals surface area contributed by atoms with E-state index >= 15 is 0 Å². The molecule has 110 valence electrons. The second kappa shape index (κ2) is 5.27. The van der Waals surface area contributed by atoms with Gasteiger partial charge in [0.05, 0.1) is 5.69 Å². The number of benzene rings is 1. The highest BCUT2D eigenvalue weighted by Gasteiger charge is 2.13. The molecule has 0 spiro atoms. The van der Waals surface area contributed by atoms with Gasteiger partial charge in [0, 0.05) is 29.9 Å². The maximum absolute atomic E-state index is 12.5. The lowest BCUT2D eigenvalue weighted by atomic mass is 9.98. The van der Waals surface area contributed by atoms with Gasteiger partial charge in [-0.2, -0.15) is 0 Å². The molecule has 1 amide bonds. The van der Waals surface area contributed by atoms with E-state index in [2.05, 4.69) is 20.6 Å². The second-order valence-electron chi connectivity index (χ2n) is 5.46. The van der Waals surface area contributed by atoms with Crippen molar-refractivity contribution in [2.75, 3.05) is 11.9 Å². The molecule has 0 bridgehead atoms. The van der Waals surface area contributed by atoms with Gasteiger partial charge in [-0.25, -0.2) is 4.98 Å². The van der Waals surface area contributed by atoms with Gasteiger partial charge < -0.3 is 15.6 Å². The number of aromatic amines is 1. The van der Waals surface area contributed by atoms with Crippen molar-refractivity contribution in [3.63, 3.8) is 0 Å². The summed E-state index contributed by atoms with van der Waals surface area (Å²) in [6.45, 7) is 1.85. The number of amides is 1. The molecule has 1 aromatic carbocycles. The first kappa shape index (κ1) is 13.0. The summed E-state index contributed by atoms with van der Waals surface area (Å²) in [5.74, 6) is -0.0879. The first-order valence-corrected chi connectivity index (χ1v) is 7.37. The standard InChI is InChI=1S/C17H16N4O/c22-17(12-1-2-13-10-18-6-3-11(13)9-12)21-15-5-8-20-16-14(15)4-7-19-16/h1-2,4-5,7-9,18H,3,6,10H2,(H2,19,20,21,22). The molecule has 0 unspecified atom stereocenters. The van der Waals surface area contributed by atoms with E-state index in [1.54, 1.807) is 6.20 Å². The molecule has 3 aromatic rings. The molecule has 22 heavy (non-hydrogen) atoms. The van der Waals surface area contributed by atoms with Crippen molar-refractivity contribution in [1.82, 2.24) is 15.3 Å². The van der Waals surface area contributed by atoms with Crippen LogP contribution in [0, 0.1) is 0 Å². The molecule has 0 saturated heterocycles. The quantitative estimate of drug-likeness (QED) is 0.679. The van der Waals surface area contributed by atoms with E-state index in [0.29, 0.717) is 5.56 Å². The Hall–Kier alpha value is -2.66. The minimum Gasteiger partial charge on any atom is -0.346 e. The number of pyridine rings is 1. The third-order valence-corrected chi connectivity index (χ3v) is 4.06. The number of carbonyl (C=O) groups excluding carboxylic acids is 1. The molecule has 0 radical (unpaired) electrons. The average Bonchev–Trinajstić information content (AvgIpc) is 3.04. The number of nitrogens with zero attached hydrogens (tertiary/aromatic N) is 1. The maximum atomic E-state index is 12.5. The topological polar surface area (TPSA) is 69.8 Å². The summed E-state index contributed by atoms with van der Waals surface area (Å²) in [6, 6.07) is 9.65. The highest BCUT2D eigenvalue weighted by atomic mass is 16.1. The first-order valence-electron chi connectivity index (χ1n) is 7.37. The number of nitrogens with one attached hydrogen (secondary N) is 3. The lowest BCUT2D eigenvalue weighted by Gasteiger charge is -2.17. The molecule has 0 fully saturated rings. The molecule has 0 atom stereocenters. The second-order valence-corrected chi connectivity index (χ2v) is 5.46. The van der Waals surface area contributed by atoms with Gasteiger partial charge in [-0.1, -0.05) is 6.07 Å². The number of rotatable bonds is 2. The number of hydrogen-bond acceptors (Lipinski definition) is 3. The van der Waals surface area contributed by atoms with Gasteiger partial charge in [-0.15, -0.1) is 0 Å².